The van der Waals surface area contributed by atoms with Crippen molar-refractivity contribution in [2.24, 2.45) is 11.8 Å². The van der Waals surface area contributed by atoms with Gasteiger partial charge in [-0.05, 0) is 51.5 Å². The molecule has 39 heavy (non-hydrogen) atoms. The molecule has 3 saturated heterocycles. The van der Waals surface area contributed by atoms with Crippen molar-refractivity contribution in [2.75, 3.05) is 19.8 Å². The van der Waals surface area contributed by atoms with Gasteiger partial charge in [-0.25, -0.2) is 0 Å². The predicted octanol–water partition coefficient (Wildman–Crippen LogP) is 3.81. The quantitative estimate of drug-likeness (QED) is 0.233. The summed E-state index contributed by atoms with van der Waals surface area (Å²) in [6.07, 6.45) is 6.34. The van der Waals surface area contributed by atoms with E-state index in [2.05, 4.69) is 13.2 Å². The van der Waals surface area contributed by atoms with Crippen LogP contribution in [0, 0.1) is 11.8 Å². The minimum absolute atomic E-state index is 0.156. The third kappa shape index (κ3) is 4.72. The molecule has 0 radical (unpaired) electrons. The maximum absolute atomic E-state index is 14.5. The number of fused-ring (bicyclic) bond motifs is 1. The first-order chi connectivity index (χ1) is 18.7. The maximum atomic E-state index is 14.5. The van der Waals surface area contributed by atoms with Crippen LogP contribution in [0.2, 0.25) is 0 Å². The Morgan fingerprint density at radius 1 is 1.23 bits per heavy atom. The molecular formula is C31H42N2O6. The van der Waals surface area contributed by atoms with Gasteiger partial charge in [-0.2, -0.15) is 0 Å². The third-order valence-corrected chi connectivity index (χ3v) is 8.83. The number of amides is 2. The summed E-state index contributed by atoms with van der Waals surface area (Å²) in [5, 5.41) is 10.6. The number of unbranched alkanes of at least 4 members (excludes halogenated alkanes) is 1. The predicted molar refractivity (Wildman–Crippen MR) is 147 cm³/mol. The second-order valence-corrected chi connectivity index (χ2v) is 11.2. The summed E-state index contributed by atoms with van der Waals surface area (Å²) in [6, 6.07) is 7.28. The molecule has 1 N–H and O–H groups in total. The van der Waals surface area contributed by atoms with E-state index >= 15 is 0 Å². The number of allylic oxidation sites excluding steroid dienone is 1. The normalized spacial score (nSPS) is 29.8. The molecule has 4 rings (SSSR count). The van der Waals surface area contributed by atoms with E-state index in [1.807, 2.05) is 51.1 Å². The molecule has 2 bridgehead atoms. The first-order valence-electron chi connectivity index (χ1n) is 14.1. The van der Waals surface area contributed by atoms with Crippen molar-refractivity contribution in [3.63, 3.8) is 0 Å². The van der Waals surface area contributed by atoms with E-state index in [9.17, 15) is 19.5 Å². The highest BCUT2D eigenvalue weighted by Gasteiger charge is 2.79. The van der Waals surface area contributed by atoms with Crippen molar-refractivity contribution in [1.29, 1.82) is 0 Å². The zero-order chi connectivity index (χ0) is 28.4. The van der Waals surface area contributed by atoms with Crippen LogP contribution in [0.3, 0.4) is 0 Å². The van der Waals surface area contributed by atoms with E-state index in [0.717, 1.165) is 0 Å². The van der Waals surface area contributed by atoms with E-state index in [0.29, 0.717) is 44.2 Å². The van der Waals surface area contributed by atoms with Crippen LogP contribution in [-0.2, 0) is 23.9 Å². The number of hydrogen-bond acceptors (Lipinski definition) is 6. The summed E-state index contributed by atoms with van der Waals surface area (Å²) in [7, 11) is 0. The standard InChI is InChI=1S/C31H42N2O6/c1-6-9-13-19-38-29(37)25-24-27(35)33(23(20-34)22-14-11-10-12-15-22)26(28(36)32(18-7-2)21(4)5)31(24)17-16-30(25,8-3)39-31/h6-7,10-12,14-15,21,23-26,34H,1-2,8-9,13,16-20H2,3-5H3/t23-,24+,25+,26?,30-,31?/m1/s1. The molecule has 3 fully saturated rings. The number of carbonyl (C=O) groups is 3. The Hall–Kier alpha value is -2.97. The van der Waals surface area contributed by atoms with Crippen LogP contribution >= 0.6 is 0 Å². The third-order valence-electron chi connectivity index (χ3n) is 8.83. The van der Waals surface area contributed by atoms with Gasteiger partial charge in [-0.1, -0.05) is 49.4 Å². The van der Waals surface area contributed by atoms with Crippen LogP contribution in [0.4, 0.5) is 0 Å². The molecule has 1 aromatic carbocycles. The zero-order valence-corrected chi connectivity index (χ0v) is 23.4. The van der Waals surface area contributed by atoms with E-state index in [-0.39, 0.29) is 31.1 Å². The van der Waals surface area contributed by atoms with E-state index in [1.54, 1.807) is 17.1 Å². The average molecular weight is 539 g/mol. The SMILES string of the molecule is C=CCCCOC(=O)[C@@H]1[C@H]2C(=O)N([C@H](CO)c3ccccc3)C(C(=O)N(CC=C)C(C)C)C23CC[C@@]1(CC)O3. The Labute approximate surface area is 231 Å². The number of carbonyl (C=O) groups excluding carboxylic acids is 3. The Morgan fingerprint density at radius 2 is 1.95 bits per heavy atom. The molecule has 6 atom stereocenters. The molecule has 2 amide bonds. The lowest BCUT2D eigenvalue weighted by atomic mass is 9.65. The van der Waals surface area contributed by atoms with Crippen LogP contribution in [0.1, 0.15) is 64.5 Å². The highest BCUT2D eigenvalue weighted by Crippen LogP contribution is 2.65. The molecule has 3 aliphatic rings. The smallest absolute Gasteiger partial charge is 0.312 e. The molecule has 2 unspecified atom stereocenters. The molecule has 0 aliphatic carbocycles. The summed E-state index contributed by atoms with van der Waals surface area (Å²) in [6.45, 7) is 13.5. The highest BCUT2D eigenvalue weighted by molar-refractivity contribution is 5.99. The number of ether oxygens (including phenoxy) is 2. The topological polar surface area (TPSA) is 96.4 Å². The molecule has 8 nitrogen and oxygen atoms in total. The average Bonchev–Trinajstić information content (AvgIpc) is 3.54. The molecule has 212 valence electrons. The van der Waals surface area contributed by atoms with E-state index in [1.165, 1.54) is 4.90 Å². The molecular weight excluding hydrogens is 496 g/mol. The Balaban J connectivity index is 1.82. The van der Waals surface area contributed by atoms with Gasteiger partial charge in [0.25, 0.3) is 0 Å². The van der Waals surface area contributed by atoms with Crippen molar-refractivity contribution < 1.29 is 29.0 Å². The summed E-state index contributed by atoms with van der Waals surface area (Å²) < 4.78 is 12.5. The second-order valence-electron chi connectivity index (χ2n) is 11.2. The number of benzene rings is 1. The summed E-state index contributed by atoms with van der Waals surface area (Å²) >= 11 is 0. The molecule has 8 heteroatoms. The number of rotatable bonds is 13. The van der Waals surface area contributed by atoms with Gasteiger partial charge in [-0.3, -0.25) is 14.4 Å². The number of aliphatic hydroxyl groups is 1. The van der Waals surface area contributed by atoms with Crippen molar-refractivity contribution in [3.05, 3.63) is 61.2 Å². The highest BCUT2D eigenvalue weighted by atomic mass is 16.6. The largest absolute Gasteiger partial charge is 0.465 e. The van der Waals surface area contributed by atoms with Gasteiger partial charge in [0.05, 0.1) is 30.8 Å². The summed E-state index contributed by atoms with van der Waals surface area (Å²) in [5.74, 6) is -2.76. The van der Waals surface area contributed by atoms with Crippen LogP contribution in [-0.4, -0.2) is 75.7 Å². The monoisotopic (exact) mass is 538 g/mol. The van der Waals surface area contributed by atoms with Gasteiger partial charge in [0.1, 0.15) is 17.6 Å². The lowest BCUT2D eigenvalue weighted by Gasteiger charge is -2.40. The molecule has 3 heterocycles. The minimum Gasteiger partial charge on any atom is -0.465 e. The van der Waals surface area contributed by atoms with Gasteiger partial charge >= 0.3 is 5.97 Å². The van der Waals surface area contributed by atoms with Crippen LogP contribution in [0.5, 0.6) is 0 Å². The molecule has 1 spiro atoms. The fourth-order valence-electron chi connectivity index (χ4n) is 7.00. The number of hydrogen-bond donors (Lipinski definition) is 1. The lowest BCUT2D eigenvalue weighted by molar-refractivity contribution is -0.164. The van der Waals surface area contributed by atoms with Crippen LogP contribution in [0.25, 0.3) is 0 Å². The first kappa shape index (κ1) is 29.0. The number of aliphatic hydroxyl groups excluding tert-OH is 1. The van der Waals surface area contributed by atoms with Crippen molar-refractivity contribution in [2.45, 2.75) is 82.2 Å². The molecule has 0 aromatic heterocycles. The minimum atomic E-state index is -1.19. The molecule has 3 aliphatic heterocycles. The first-order valence-corrected chi connectivity index (χ1v) is 14.1. The fraction of sp³-hybridized carbons (Fsp3) is 0.581. The number of likely N-dealkylation sites (tertiary alicyclic amines) is 1. The van der Waals surface area contributed by atoms with Gasteiger partial charge in [0.15, 0.2) is 0 Å². The zero-order valence-electron chi connectivity index (χ0n) is 23.4. The van der Waals surface area contributed by atoms with Crippen molar-refractivity contribution in [1.82, 2.24) is 9.80 Å². The fourth-order valence-corrected chi connectivity index (χ4v) is 7.00. The molecule has 1 aromatic rings. The second kappa shape index (κ2) is 11.6. The number of nitrogens with zero attached hydrogens (tertiary/aromatic N) is 2. The lowest BCUT2D eigenvalue weighted by Crippen LogP contribution is -2.58. The van der Waals surface area contributed by atoms with Crippen LogP contribution < -0.4 is 0 Å². The Morgan fingerprint density at radius 3 is 2.54 bits per heavy atom. The Kier molecular flexibility index (Phi) is 8.66. The number of esters is 1. The van der Waals surface area contributed by atoms with Gasteiger partial charge in [-0.15, -0.1) is 13.2 Å². The van der Waals surface area contributed by atoms with E-state index < -0.39 is 41.1 Å². The van der Waals surface area contributed by atoms with E-state index in [4.69, 9.17) is 9.47 Å². The maximum Gasteiger partial charge on any atom is 0.312 e. The van der Waals surface area contributed by atoms with Crippen molar-refractivity contribution >= 4 is 17.8 Å². The van der Waals surface area contributed by atoms with Gasteiger partial charge in [0.2, 0.25) is 11.8 Å². The van der Waals surface area contributed by atoms with Crippen LogP contribution in [0.15, 0.2) is 55.6 Å². The summed E-state index contributed by atoms with van der Waals surface area (Å²) in [5.41, 5.74) is -1.35. The summed E-state index contributed by atoms with van der Waals surface area (Å²) in [4.78, 5) is 45.7. The van der Waals surface area contributed by atoms with Gasteiger partial charge < -0.3 is 24.4 Å². The Bertz CT molecular complexity index is 1090. The molecule has 0 saturated carbocycles. The van der Waals surface area contributed by atoms with Crippen molar-refractivity contribution in [3.8, 4) is 0 Å². The van der Waals surface area contributed by atoms with Gasteiger partial charge in [0, 0.05) is 12.6 Å².